The number of thioether (sulfide) groups is 1. The van der Waals surface area contributed by atoms with E-state index in [1.165, 1.54) is 31.0 Å². The lowest BCUT2D eigenvalue weighted by atomic mass is 10.1. The molecule has 9 heteroatoms. The molecule has 4 aromatic rings. The lowest BCUT2D eigenvalue weighted by molar-refractivity contribution is -0.115. The summed E-state index contributed by atoms with van der Waals surface area (Å²) in [5.41, 5.74) is 2.61. The number of oxazole rings is 1. The summed E-state index contributed by atoms with van der Waals surface area (Å²) >= 11 is 1.17. The molecule has 0 radical (unpaired) electrons. The molecule has 1 saturated heterocycles. The van der Waals surface area contributed by atoms with E-state index in [9.17, 15) is 9.90 Å². The zero-order valence-corrected chi connectivity index (χ0v) is 18.3. The number of rotatable bonds is 6. The quantitative estimate of drug-likeness (QED) is 0.315. The number of hydrogen-bond acceptors (Lipinski definition) is 7. The smallest absolute Gasteiger partial charge is 0.275 e. The van der Waals surface area contributed by atoms with Crippen molar-refractivity contribution in [2.75, 3.05) is 18.8 Å². The van der Waals surface area contributed by atoms with Gasteiger partial charge in [0.1, 0.15) is 5.52 Å². The molecule has 1 amide bonds. The Kier molecular flexibility index (Phi) is 5.91. The standard InChI is InChI=1S/C23H23N5O3S/c29-20(14-32-23-24-17-9-3-5-11-19(17)31-23)25-26-21-16-8-2-4-10-18(16)28(22(21)30)15-27-12-6-1-7-13-27/h2-5,8-11,30H,1,6-7,12-15H2. The zero-order valence-electron chi connectivity index (χ0n) is 17.5. The van der Waals surface area contributed by atoms with Crippen LogP contribution in [0.3, 0.4) is 0 Å². The van der Waals surface area contributed by atoms with Crippen molar-refractivity contribution in [2.45, 2.75) is 31.2 Å². The van der Waals surface area contributed by atoms with E-state index in [2.05, 4.69) is 20.1 Å². The highest BCUT2D eigenvalue weighted by atomic mass is 32.2. The van der Waals surface area contributed by atoms with Crippen molar-refractivity contribution < 1.29 is 14.3 Å². The maximum atomic E-state index is 12.3. The fourth-order valence-electron chi connectivity index (χ4n) is 3.99. The van der Waals surface area contributed by atoms with Crippen LogP contribution in [0.1, 0.15) is 19.3 Å². The first-order chi connectivity index (χ1) is 15.7. The molecular weight excluding hydrogens is 426 g/mol. The molecule has 5 rings (SSSR count). The van der Waals surface area contributed by atoms with Crippen LogP contribution in [0, 0.1) is 0 Å². The second-order valence-electron chi connectivity index (χ2n) is 7.77. The molecule has 2 aromatic heterocycles. The highest BCUT2D eigenvalue weighted by Gasteiger charge is 2.20. The minimum absolute atomic E-state index is 0.0277. The molecule has 3 heterocycles. The monoisotopic (exact) mass is 449 g/mol. The number of carbonyl (C=O) groups is 1. The third-order valence-electron chi connectivity index (χ3n) is 5.56. The Bertz CT molecular complexity index is 1260. The Balaban J connectivity index is 1.32. The fraction of sp³-hybridized carbons (Fsp3) is 0.304. The molecule has 8 nitrogen and oxygen atoms in total. The van der Waals surface area contributed by atoms with E-state index in [-0.39, 0.29) is 11.6 Å². The van der Waals surface area contributed by atoms with Crippen molar-refractivity contribution in [3.63, 3.8) is 0 Å². The van der Waals surface area contributed by atoms with Gasteiger partial charge in [-0.05, 0) is 44.1 Å². The van der Waals surface area contributed by atoms with Crippen LogP contribution in [0.5, 0.6) is 5.88 Å². The second-order valence-corrected chi connectivity index (χ2v) is 8.69. The summed E-state index contributed by atoms with van der Waals surface area (Å²) in [5, 5.41) is 20.0. The number of aromatic hydroxyl groups is 1. The average molecular weight is 450 g/mol. The van der Waals surface area contributed by atoms with E-state index < -0.39 is 5.91 Å². The molecule has 1 aliphatic rings. The number of azo groups is 1. The van der Waals surface area contributed by atoms with Crippen LogP contribution in [-0.2, 0) is 11.5 Å². The van der Waals surface area contributed by atoms with Gasteiger partial charge in [-0.25, -0.2) is 4.98 Å². The van der Waals surface area contributed by atoms with Gasteiger partial charge in [-0.2, -0.15) is 0 Å². The Hall–Kier alpha value is -3.17. The summed E-state index contributed by atoms with van der Waals surface area (Å²) in [7, 11) is 0. The van der Waals surface area contributed by atoms with Crippen LogP contribution in [0.4, 0.5) is 5.69 Å². The lowest BCUT2D eigenvalue weighted by Crippen LogP contribution is -2.31. The number of hydrogen-bond donors (Lipinski definition) is 1. The largest absolute Gasteiger partial charge is 0.493 e. The minimum Gasteiger partial charge on any atom is -0.493 e. The van der Waals surface area contributed by atoms with E-state index in [0.29, 0.717) is 23.2 Å². The van der Waals surface area contributed by atoms with Gasteiger partial charge in [0.15, 0.2) is 11.3 Å². The SMILES string of the molecule is O=C(CSc1nc2ccccc2o1)N=Nc1c(O)n(CN2CCCCC2)c2ccccc12. The van der Waals surface area contributed by atoms with Crippen molar-refractivity contribution in [2.24, 2.45) is 10.2 Å². The van der Waals surface area contributed by atoms with Crippen LogP contribution in [0.2, 0.25) is 0 Å². The van der Waals surface area contributed by atoms with E-state index in [1.807, 2.05) is 53.1 Å². The van der Waals surface area contributed by atoms with Gasteiger partial charge >= 0.3 is 0 Å². The predicted molar refractivity (Wildman–Crippen MR) is 123 cm³/mol. The molecule has 0 unspecified atom stereocenters. The average Bonchev–Trinajstić information content (AvgIpc) is 3.36. The van der Waals surface area contributed by atoms with E-state index in [4.69, 9.17) is 4.42 Å². The van der Waals surface area contributed by atoms with Gasteiger partial charge in [-0.1, -0.05) is 48.5 Å². The minimum atomic E-state index is -0.426. The maximum Gasteiger partial charge on any atom is 0.275 e. The summed E-state index contributed by atoms with van der Waals surface area (Å²) in [6.45, 7) is 2.60. The predicted octanol–water partition coefficient (Wildman–Crippen LogP) is 5.33. The number of likely N-dealkylation sites (tertiary alicyclic amines) is 1. The van der Waals surface area contributed by atoms with Gasteiger partial charge in [0.25, 0.3) is 11.1 Å². The Labute approximate surface area is 188 Å². The lowest BCUT2D eigenvalue weighted by Gasteiger charge is -2.27. The normalized spacial score (nSPS) is 15.2. The van der Waals surface area contributed by atoms with Gasteiger partial charge < -0.3 is 9.52 Å². The third kappa shape index (κ3) is 4.26. The first kappa shape index (κ1) is 20.7. The molecule has 1 fully saturated rings. The molecule has 0 atom stereocenters. The van der Waals surface area contributed by atoms with E-state index >= 15 is 0 Å². The highest BCUT2D eigenvalue weighted by Crippen LogP contribution is 2.39. The summed E-state index contributed by atoms with van der Waals surface area (Å²) in [5.74, 6) is -0.354. The summed E-state index contributed by atoms with van der Waals surface area (Å²) in [6, 6.07) is 15.1. The van der Waals surface area contributed by atoms with Crippen LogP contribution in [-0.4, -0.2) is 44.3 Å². The zero-order chi connectivity index (χ0) is 21.9. The number of amides is 1. The molecular formula is C23H23N5O3S. The summed E-state index contributed by atoms with van der Waals surface area (Å²) in [4.78, 5) is 19.0. The molecule has 2 aromatic carbocycles. The van der Waals surface area contributed by atoms with Crippen LogP contribution >= 0.6 is 11.8 Å². The molecule has 0 bridgehead atoms. The van der Waals surface area contributed by atoms with Crippen molar-refractivity contribution in [1.82, 2.24) is 14.5 Å². The van der Waals surface area contributed by atoms with Crippen molar-refractivity contribution in [3.8, 4) is 5.88 Å². The van der Waals surface area contributed by atoms with Gasteiger partial charge in [-0.3, -0.25) is 14.3 Å². The van der Waals surface area contributed by atoms with Crippen molar-refractivity contribution in [3.05, 3.63) is 48.5 Å². The fourth-order valence-corrected chi connectivity index (χ4v) is 4.60. The number of aromatic nitrogens is 2. The Morgan fingerprint density at radius 2 is 1.88 bits per heavy atom. The number of benzene rings is 2. The first-order valence-corrected chi connectivity index (χ1v) is 11.6. The third-order valence-corrected chi connectivity index (χ3v) is 6.38. The summed E-state index contributed by atoms with van der Waals surface area (Å²) < 4.78 is 7.45. The molecule has 0 aliphatic carbocycles. The molecule has 32 heavy (non-hydrogen) atoms. The highest BCUT2D eigenvalue weighted by molar-refractivity contribution is 7.99. The van der Waals surface area contributed by atoms with Crippen molar-refractivity contribution >= 4 is 45.4 Å². The summed E-state index contributed by atoms with van der Waals surface area (Å²) in [6.07, 6.45) is 3.58. The van der Waals surface area contributed by atoms with Crippen LogP contribution < -0.4 is 0 Å². The number of carbonyl (C=O) groups excluding carboxylic acids is 1. The van der Waals surface area contributed by atoms with Gasteiger partial charge in [0, 0.05) is 5.39 Å². The molecule has 0 spiro atoms. The topological polar surface area (TPSA) is 96.2 Å². The number of nitrogens with zero attached hydrogens (tertiary/aromatic N) is 5. The first-order valence-electron chi connectivity index (χ1n) is 10.6. The molecule has 0 saturated carbocycles. The van der Waals surface area contributed by atoms with Gasteiger partial charge in [0.05, 0.1) is 17.9 Å². The Morgan fingerprint density at radius 3 is 2.72 bits per heavy atom. The number of piperidine rings is 1. The Morgan fingerprint density at radius 1 is 1.09 bits per heavy atom. The van der Waals surface area contributed by atoms with E-state index in [1.54, 1.807) is 0 Å². The number of fused-ring (bicyclic) bond motifs is 2. The number of para-hydroxylation sites is 3. The molecule has 1 aliphatic heterocycles. The van der Waals surface area contributed by atoms with Crippen LogP contribution in [0.25, 0.3) is 22.0 Å². The molecule has 1 N–H and O–H groups in total. The second kappa shape index (κ2) is 9.13. The van der Waals surface area contributed by atoms with Crippen LogP contribution in [0.15, 0.2) is 68.4 Å². The maximum absolute atomic E-state index is 12.3. The van der Waals surface area contributed by atoms with E-state index in [0.717, 1.165) is 29.5 Å². The van der Waals surface area contributed by atoms with Crippen molar-refractivity contribution in [1.29, 1.82) is 0 Å². The van der Waals surface area contributed by atoms with Gasteiger partial charge in [-0.15, -0.1) is 10.2 Å². The molecule has 164 valence electrons. The van der Waals surface area contributed by atoms with Gasteiger partial charge in [0.2, 0.25) is 5.88 Å².